The van der Waals surface area contributed by atoms with Gasteiger partial charge in [0.15, 0.2) is 0 Å². The van der Waals surface area contributed by atoms with Gasteiger partial charge in [0.2, 0.25) is 0 Å². The van der Waals surface area contributed by atoms with E-state index in [1.54, 1.807) is 0 Å². The fourth-order valence-electron chi connectivity index (χ4n) is 2.32. The number of aliphatic hydroxyl groups excluding tert-OH is 1. The van der Waals surface area contributed by atoms with Gasteiger partial charge in [-0.25, -0.2) is 4.79 Å². The summed E-state index contributed by atoms with van der Waals surface area (Å²) in [6, 6.07) is 3.94. The Bertz CT molecular complexity index is 554. The molecule has 1 atom stereocenters. The molecule has 0 radical (unpaired) electrons. The zero-order valence-electron chi connectivity index (χ0n) is 11.3. The van der Waals surface area contributed by atoms with Crippen molar-refractivity contribution in [1.82, 2.24) is 5.32 Å². The minimum Gasteiger partial charge on any atom is -0.478 e. The Morgan fingerprint density at radius 2 is 2.19 bits per heavy atom. The van der Waals surface area contributed by atoms with Crippen LogP contribution in [0.15, 0.2) is 18.2 Å². The number of carboxylic acids is 1. The van der Waals surface area contributed by atoms with E-state index in [1.807, 2.05) is 0 Å². The molecule has 114 valence electrons. The molecule has 7 heteroatoms. The van der Waals surface area contributed by atoms with Crippen molar-refractivity contribution in [3.8, 4) is 0 Å². The maximum Gasteiger partial charge on any atom is 0.335 e. The van der Waals surface area contributed by atoms with Crippen LogP contribution in [0.25, 0.3) is 0 Å². The minimum absolute atomic E-state index is 0.0193. The number of hydrogen-bond donors (Lipinski definition) is 3. The largest absolute Gasteiger partial charge is 0.478 e. The highest BCUT2D eigenvalue weighted by Gasteiger charge is 2.36. The average molecular weight is 314 g/mol. The van der Waals surface area contributed by atoms with Crippen LogP contribution in [0.2, 0.25) is 5.02 Å². The van der Waals surface area contributed by atoms with Crippen LogP contribution in [0.4, 0.5) is 0 Å². The first kappa shape index (κ1) is 15.8. The molecule has 1 aliphatic rings. The molecule has 0 saturated carbocycles. The van der Waals surface area contributed by atoms with Gasteiger partial charge in [-0.05, 0) is 31.0 Å². The van der Waals surface area contributed by atoms with E-state index in [2.05, 4.69) is 5.32 Å². The fraction of sp³-hybridized carbons (Fsp3) is 0.429. The fourth-order valence-corrected chi connectivity index (χ4v) is 2.59. The quantitative estimate of drug-likeness (QED) is 0.761. The Kier molecular flexibility index (Phi) is 4.82. The smallest absolute Gasteiger partial charge is 0.335 e. The molecule has 1 aromatic carbocycles. The van der Waals surface area contributed by atoms with Gasteiger partial charge < -0.3 is 20.3 Å². The molecule has 0 aromatic heterocycles. The second-order valence-electron chi connectivity index (χ2n) is 5.01. The van der Waals surface area contributed by atoms with Crippen LogP contribution in [-0.2, 0) is 4.74 Å². The normalized spacial score (nSPS) is 21.2. The lowest BCUT2D eigenvalue weighted by molar-refractivity contribution is 0.0695. The van der Waals surface area contributed by atoms with Gasteiger partial charge in [0.25, 0.3) is 5.91 Å². The number of benzene rings is 1. The van der Waals surface area contributed by atoms with Crippen LogP contribution in [0.3, 0.4) is 0 Å². The summed E-state index contributed by atoms with van der Waals surface area (Å²) in [6.45, 7) is 0.797. The maximum atomic E-state index is 12.3. The second kappa shape index (κ2) is 6.43. The molecule has 3 N–H and O–H groups in total. The summed E-state index contributed by atoms with van der Waals surface area (Å²) in [4.78, 5) is 23.1. The molecule has 1 amide bonds. The Balaban J connectivity index is 2.18. The van der Waals surface area contributed by atoms with Crippen molar-refractivity contribution in [1.29, 1.82) is 0 Å². The van der Waals surface area contributed by atoms with E-state index < -0.39 is 17.4 Å². The molecule has 0 aliphatic carbocycles. The molecular formula is C14H16ClNO5. The van der Waals surface area contributed by atoms with Crippen LogP contribution < -0.4 is 5.32 Å². The van der Waals surface area contributed by atoms with Gasteiger partial charge in [-0.15, -0.1) is 0 Å². The van der Waals surface area contributed by atoms with E-state index in [1.165, 1.54) is 18.2 Å². The summed E-state index contributed by atoms with van der Waals surface area (Å²) in [5, 5.41) is 20.9. The lowest BCUT2D eigenvalue weighted by atomic mass is 9.94. The first-order valence-corrected chi connectivity index (χ1v) is 6.89. The number of aliphatic hydroxyl groups is 1. The zero-order chi connectivity index (χ0) is 15.5. The van der Waals surface area contributed by atoms with Gasteiger partial charge in [-0.1, -0.05) is 11.6 Å². The molecular weight excluding hydrogens is 298 g/mol. The van der Waals surface area contributed by atoms with Crippen LogP contribution >= 0.6 is 11.6 Å². The summed E-state index contributed by atoms with van der Waals surface area (Å²) in [5.41, 5.74) is -0.377. The second-order valence-corrected chi connectivity index (χ2v) is 5.42. The summed E-state index contributed by atoms with van der Waals surface area (Å²) in [5.74, 6) is -1.51. The first-order valence-electron chi connectivity index (χ1n) is 6.51. The number of halogens is 1. The lowest BCUT2D eigenvalue weighted by Gasteiger charge is -2.28. The van der Waals surface area contributed by atoms with E-state index in [-0.39, 0.29) is 22.8 Å². The van der Waals surface area contributed by atoms with Crippen molar-refractivity contribution >= 4 is 23.5 Å². The predicted octanol–water partition coefficient (Wildman–Crippen LogP) is 1.31. The SMILES string of the molecule is O=C(O)c1ccc(C(=O)NC2(CCO)CCOC2)c(Cl)c1. The van der Waals surface area contributed by atoms with Gasteiger partial charge >= 0.3 is 5.97 Å². The Morgan fingerprint density at radius 3 is 2.71 bits per heavy atom. The summed E-state index contributed by atoms with van der Waals surface area (Å²) < 4.78 is 5.29. The molecule has 1 aromatic rings. The van der Waals surface area contributed by atoms with E-state index in [4.69, 9.17) is 26.6 Å². The number of carbonyl (C=O) groups excluding carboxylic acids is 1. The van der Waals surface area contributed by atoms with Gasteiger partial charge in [0.05, 0.1) is 28.3 Å². The number of carbonyl (C=O) groups is 2. The molecule has 0 spiro atoms. The molecule has 1 fully saturated rings. The molecule has 0 bridgehead atoms. The molecule has 21 heavy (non-hydrogen) atoms. The highest BCUT2D eigenvalue weighted by Crippen LogP contribution is 2.24. The highest BCUT2D eigenvalue weighted by molar-refractivity contribution is 6.34. The standard InChI is InChI=1S/C14H16ClNO5/c15-11-7-9(13(19)20)1-2-10(11)12(18)16-14(3-5-17)4-6-21-8-14/h1-2,7,17H,3-6,8H2,(H,16,18)(H,19,20). The Labute approximate surface area is 126 Å². The number of carboxylic acid groups (broad SMARTS) is 1. The van der Waals surface area contributed by atoms with Crippen LogP contribution in [-0.4, -0.2) is 47.4 Å². The number of ether oxygens (including phenoxy) is 1. The number of hydrogen-bond acceptors (Lipinski definition) is 4. The number of aromatic carboxylic acids is 1. The monoisotopic (exact) mass is 313 g/mol. The van der Waals surface area contributed by atoms with Gasteiger partial charge in [-0.2, -0.15) is 0 Å². The summed E-state index contributed by atoms with van der Waals surface area (Å²) in [6.07, 6.45) is 1.01. The van der Waals surface area contributed by atoms with Crippen molar-refractivity contribution in [3.05, 3.63) is 34.3 Å². The molecule has 1 saturated heterocycles. The zero-order valence-corrected chi connectivity index (χ0v) is 12.0. The van der Waals surface area contributed by atoms with Crippen LogP contribution in [0.5, 0.6) is 0 Å². The van der Waals surface area contributed by atoms with Gasteiger partial charge in [-0.3, -0.25) is 4.79 Å². The van der Waals surface area contributed by atoms with Crippen molar-refractivity contribution in [2.45, 2.75) is 18.4 Å². The Morgan fingerprint density at radius 1 is 1.43 bits per heavy atom. The minimum atomic E-state index is -1.11. The third-order valence-electron chi connectivity index (χ3n) is 3.53. The summed E-state index contributed by atoms with van der Waals surface area (Å²) >= 11 is 5.97. The number of nitrogens with one attached hydrogen (secondary N) is 1. The van der Waals surface area contributed by atoms with E-state index in [0.717, 1.165) is 0 Å². The summed E-state index contributed by atoms with van der Waals surface area (Å²) in [7, 11) is 0. The first-order chi connectivity index (χ1) is 9.97. The van der Waals surface area contributed by atoms with Gasteiger partial charge in [0, 0.05) is 13.2 Å². The lowest BCUT2D eigenvalue weighted by Crippen LogP contribution is -2.49. The van der Waals surface area contributed by atoms with Crippen LogP contribution in [0, 0.1) is 0 Å². The predicted molar refractivity (Wildman–Crippen MR) is 75.7 cm³/mol. The topological polar surface area (TPSA) is 95.9 Å². The van der Waals surface area contributed by atoms with Crippen molar-refractivity contribution in [2.75, 3.05) is 19.8 Å². The van der Waals surface area contributed by atoms with Crippen LogP contribution in [0.1, 0.15) is 33.6 Å². The highest BCUT2D eigenvalue weighted by atomic mass is 35.5. The van der Waals surface area contributed by atoms with E-state index in [0.29, 0.717) is 26.1 Å². The molecule has 1 unspecified atom stereocenters. The third-order valence-corrected chi connectivity index (χ3v) is 3.85. The van der Waals surface area contributed by atoms with Crippen molar-refractivity contribution in [3.63, 3.8) is 0 Å². The molecule has 6 nitrogen and oxygen atoms in total. The third kappa shape index (κ3) is 3.53. The molecule has 1 aliphatic heterocycles. The molecule has 2 rings (SSSR count). The van der Waals surface area contributed by atoms with Crippen molar-refractivity contribution < 1.29 is 24.5 Å². The Hall–Kier alpha value is -1.63. The average Bonchev–Trinajstić information content (AvgIpc) is 2.87. The van der Waals surface area contributed by atoms with Gasteiger partial charge in [0.1, 0.15) is 0 Å². The number of amides is 1. The van der Waals surface area contributed by atoms with E-state index >= 15 is 0 Å². The van der Waals surface area contributed by atoms with Crippen molar-refractivity contribution in [2.24, 2.45) is 0 Å². The van der Waals surface area contributed by atoms with E-state index in [9.17, 15) is 9.59 Å². The maximum absolute atomic E-state index is 12.3. The molecule has 1 heterocycles. The number of rotatable bonds is 5.